The molecule has 0 unspecified atom stereocenters. The Balaban J connectivity index is 1.60. The number of sulfonamides is 1. The molecule has 0 saturated heterocycles. The van der Waals surface area contributed by atoms with Gasteiger partial charge in [-0.3, -0.25) is 4.79 Å². The molecule has 1 saturated carbocycles. The summed E-state index contributed by atoms with van der Waals surface area (Å²) in [4.78, 5) is 17.2. The predicted octanol–water partition coefficient (Wildman–Crippen LogP) is 3.45. The van der Waals surface area contributed by atoms with Crippen molar-refractivity contribution in [2.45, 2.75) is 49.6 Å². The number of nitriles is 1. The van der Waals surface area contributed by atoms with Crippen molar-refractivity contribution in [2.75, 3.05) is 39.1 Å². The first-order valence-corrected chi connectivity index (χ1v) is 14.0. The summed E-state index contributed by atoms with van der Waals surface area (Å²) in [5.74, 6) is -0.405. The minimum Gasteiger partial charge on any atom is -0.456 e. The number of rotatable bonds is 11. The van der Waals surface area contributed by atoms with E-state index in [9.17, 15) is 18.5 Å². The average Bonchev–Trinajstić information content (AvgIpc) is 3.52. The number of amides is 1. The number of nitrogens with one attached hydrogen (secondary N) is 2. The molecule has 1 aliphatic carbocycles. The van der Waals surface area contributed by atoms with Crippen molar-refractivity contribution in [2.24, 2.45) is 5.92 Å². The second-order valence-electron chi connectivity index (χ2n) is 10.7. The fourth-order valence-electron chi connectivity index (χ4n) is 4.28. The van der Waals surface area contributed by atoms with Gasteiger partial charge in [0.25, 0.3) is 0 Å². The van der Waals surface area contributed by atoms with E-state index in [1.165, 1.54) is 6.07 Å². The molecule has 3 aromatic rings. The first-order chi connectivity index (χ1) is 17.4. The number of hydrogen-bond acceptors (Lipinski definition) is 7. The van der Waals surface area contributed by atoms with Gasteiger partial charge in [-0.25, -0.2) is 8.42 Å². The van der Waals surface area contributed by atoms with Gasteiger partial charge in [0.15, 0.2) is 0 Å². The largest absolute Gasteiger partial charge is 0.456 e. The highest BCUT2D eigenvalue weighted by atomic mass is 32.2. The fraction of sp³-hybridized carbons (Fsp3) is 0.481. The summed E-state index contributed by atoms with van der Waals surface area (Å²) in [5.41, 5.74) is 1.40. The second kappa shape index (κ2) is 10.3. The van der Waals surface area contributed by atoms with E-state index < -0.39 is 27.5 Å². The van der Waals surface area contributed by atoms with Crippen LogP contribution in [0.2, 0.25) is 0 Å². The Morgan fingerprint density at radius 3 is 2.43 bits per heavy atom. The maximum Gasteiger partial charge on any atom is 0.241 e. The monoisotopic (exact) mass is 525 g/mol. The van der Waals surface area contributed by atoms with Gasteiger partial charge in [-0.2, -0.15) is 9.98 Å². The van der Waals surface area contributed by atoms with Crippen LogP contribution in [0.3, 0.4) is 0 Å². The third-order valence-electron chi connectivity index (χ3n) is 6.71. The van der Waals surface area contributed by atoms with Crippen LogP contribution < -0.4 is 14.9 Å². The van der Waals surface area contributed by atoms with Crippen LogP contribution in [0.5, 0.6) is 0 Å². The van der Waals surface area contributed by atoms with Gasteiger partial charge in [0, 0.05) is 42.7 Å². The summed E-state index contributed by atoms with van der Waals surface area (Å²) in [6.07, 6.45) is 1.47. The van der Waals surface area contributed by atoms with Crippen LogP contribution in [-0.4, -0.2) is 65.0 Å². The summed E-state index contributed by atoms with van der Waals surface area (Å²) < 4.78 is 35.3. The molecule has 0 radical (unpaired) electrons. The lowest BCUT2D eigenvalue weighted by Gasteiger charge is -2.21. The highest BCUT2D eigenvalue weighted by Crippen LogP contribution is 2.35. The van der Waals surface area contributed by atoms with Crippen molar-refractivity contribution < 1.29 is 17.6 Å². The van der Waals surface area contributed by atoms with Crippen LogP contribution in [0, 0.1) is 17.2 Å². The Hall–Kier alpha value is -3.13. The van der Waals surface area contributed by atoms with Crippen LogP contribution in [0.1, 0.15) is 33.1 Å². The highest BCUT2D eigenvalue weighted by molar-refractivity contribution is 7.89. The van der Waals surface area contributed by atoms with Gasteiger partial charge in [-0.05, 0) is 69.6 Å². The van der Waals surface area contributed by atoms with Crippen molar-refractivity contribution in [1.29, 1.82) is 5.26 Å². The third-order valence-corrected chi connectivity index (χ3v) is 8.18. The van der Waals surface area contributed by atoms with E-state index >= 15 is 0 Å². The normalized spacial score (nSPS) is 15.7. The van der Waals surface area contributed by atoms with Crippen molar-refractivity contribution in [1.82, 2.24) is 14.9 Å². The Bertz CT molecular complexity index is 1450. The molecule has 1 fully saturated rings. The van der Waals surface area contributed by atoms with Gasteiger partial charge in [-0.1, -0.05) is 13.8 Å². The smallest absolute Gasteiger partial charge is 0.241 e. The lowest BCUT2D eigenvalue weighted by atomic mass is 10.0. The summed E-state index contributed by atoms with van der Waals surface area (Å²) in [7, 11) is 2.07. The molecule has 37 heavy (non-hydrogen) atoms. The number of likely N-dealkylation sites (N-methyl/N-ethyl adjacent to an activating group) is 2. The Morgan fingerprint density at radius 2 is 1.81 bits per heavy atom. The number of benzene rings is 2. The SMILES string of the molecule is CC(C)C[C@H](NS(=O)(=O)c1ccc2oc3cc(N(C)CCN(C)C)ccc3c2c1)C(=O)NC1(C#N)CC1. The van der Waals surface area contributed by atoms with E-state index in [0.29, 0.717) is 35.8 Å². The van der Waals surface area contributed by atoms with E-state index in [1.54, 1.807) is 12.1 Å². The number of carbonyl (C=O) groups is 1. The quantitative estimate of drug-likeness (QED) is 0.394. The van der Waals surface area contributed by atoms with Crippen molar-refractivity contribution in [3.05, 3.63) is 36.4 Å². The van der Waals surface area contributed by atoms with Gasteiger partial charge in [-0.15, -0.1) is 0 Å². The number of furan rings is 1. The predicted molar refractivity (Wildman–Crippen MR) is 145 cm³/mol. The van der Waals surface area contributed by atoms with E-state index in [0.717, 1.165) is 24.2 Å². The lowest BCUT2D eigenvalue weighted by molar-refractivity contribution is -0.123. The maximum atomic E-state index is 13.4. The molecule has 2 aromatic carbocycles. The molecule has 1 atom stereocenters. The highest BCUT2D eigenvalue weighted by Gasteiger charge is 2.46. The molecule has 0 aliphatic heterocycles. The Labute approximate surface area is 218 Å². The standard InChI is InChI=1S/C27H35N5O4S/c1-18(2)14-23(26(33)29-27(17-28)10-11-27)30-37(34,35)20-7-9-24-22(16-20)21-8-6-19(15-25(21)36-24)32(5)13-12-31(3)4/h6-9,15-16,18,23,30H,10-14H2,1-5H3,(H,29,33)/t23-/m0/s1. The van der Waals surface area contributed by atoms with E-state index in [4.69, 9.17) is 4.42 Å². The van der Waals surface area contributed by atoms with E-state index in [2.05, 4.69) is 25.9 Å². The third kappa shape index (κ3) is 6.06. The number of nitrogens with zero attached hydrogens (tertiary/aromatic N) is 3. The summed E-state index contributed by atoms with van der Waals surface area (Å²) in [5, 5.41) is 13.6. The number of fused-ring (bicyclic) bond motifs is 3. The van der Waals surface area contributed by atoms with Gasteiger partial charge < -0.3 is 19.5 Å². The molecule has 0 bridgehead atoms. The second-order valence-corrected chi connectivity index (χ2v) is 12.4. The molecule has 9 nitrogen and oxygen atoms in total. The maximum absolute atomic E-state index is 13.4. The molecule has 1 aromatic heterocycles. The van der Waals surface area contributed by atoms with Crippen molar-refractivity contribution >= 4 is 43.6 Å². The number of anilines is 1. The summed E-state index contributed by atoms with van der Waals surface area (Å²) in [6.45, 7) is 5.60. The minimum absolute atomic E-state index is 0.0536. The van der Waals surface area contributed by atoms with Crippen molar-refractivity contribution in [3.8, 4) is 6.07 Å². The van der Waals surface area contributed by atoms with Crippen molar-refractivity contribution in [3.63, 3.8) is 0 Å². The Kier molecular flexibility index (Phi) is 7.51. The zero-order chi connectivity index (χ0) is 27.0. The molecular formula is C27H35N5O4S. The molecule has 10 heteroatoms. The molecule has 0 spiro atoms. The minimum atomic E-state index is -4.02. The van der Waals surface area contributed by atoms with Crippen LogP contribution in [0.4, 0.5) is 5.69 Å². The topological polar surface area (TPSA) is 119 Å². The zero-order valence-corrected chi connectivity index (χ0v) is 22.9. The fourth-order valence-corrected chi connectivity index (χ4v) is 5.51. The van der Waals surface area contributed by atoms with E-state index in [1.807, 2.05) is 53.2 Å². The van der Waals surface area contributed by atoms with Crippen LogP contribution in [-0.2, 0) is 14.8 Å². The first-order valence-electron chi connectivity index (χ1n) is 12.5. The lowest BCUT2D eigenvalue weighted by Crippen LogP contribution is -2.50. The number of hydrogen-bond donors (Lipinski definition) is 2. The zero-order valence-electron chi connectivity index (χ0n) is 22.0. The van der Waals surface area contributed by atoms with Crippen LogP contribution >= 0.6 is 0 Å². The molecule has 198 valence electrons. The van der Waals surface area contributed by atoms with Gasteiger partial charge >= 0.3 is 0 Å². The van der Waals surface area contributed by atoms with Gasteiger partial charge in [0.1, 0.15) is 22.7 Å². The van der Waals surface area contributed by atoms with Gasteiger partial charge in [0.2, 0.25) is 15.9 Å². The van der Waals surface area contributed by atoms with Crippen LogP contribution in [0.25, 0.3) is 21.9 Å². The molecule has 4 rings (SSSR count). The number of carbonyl (C=O) groups excluding carboxylic acids is 1. The van der Waals surface area contributed by atoms with Gasteiger partial charge in [0.05, 0.1) is 11.0 Å². The summed E-state index contributed by atoms with van der Waals surface area (Å²) in [6, 6.07) is 11.8. The molecule has 2 N–H and O–H groups in total. The molecular weight excluding hydrogens is 490 g/mol. The average molecular weight is 526 g/mol. The Morgan fingerprint density at radius 1 is 1.08 bits per heavy atom. The molecule has 1 heterocycles. The van der Waals surface area contributed by atoms with E-state index in [-0.39, 0.29) is 10.8 Å². The molecule has 1 amide bonds. The van der Waals surface area contributed by atoms with Crippen LogP contribution in [0.15, 0.2) is 45.7 Å². The molecule has 1 aliphatic rings. The summed E-state index contributed by atoms with van der Waals surface area (Å²) >= 11 is 0. The first kappa shape index (κ1) is 26.9.